The van der Waals surface area contributed by atoms with Gasteiger partial charge < -0.3 is 14.5 Å². The van der Waals surface area contributed by atoms with Crippen LogP contribution in [0.15, 0.2) is 65.8 Å². The quantitative estimate of drug-likeness (QED) is 0.0893. The molecule has 1 heterocycles. The molecule has 1 aromatic heterocycles. The molecule has 0 bridgehead atoms. The van der Waals surface area contributed by atoms with Crippen LogP contribution < -0.4 is 0 Å². The van der Waals surface area contributed by atoms with E-state index in [-0.39, 0.29) is 23.0 Å². The van der Waals surface area contributed by atoms with E-state index in [1.165, 1.54) is 19.1 Å². The number of phenolic OH excluding ortho intramolecular Hbond substituents is 1. The number of hydrogen-bond acceptors (Lipinski definition) is 6. The van der Waals surface area contributed by atoms with Gasteiger partial charge in [-0.3, -0.25) is 9.59 Å². The second-order valence-electron chi connectivity index (χ2n) is 8.99. The van der Waals surface area contributed by atoms with Gasteiger partial charge in [0.05, 0.1) is 0 Å². The van der Waals surface area contributed by atoms with Gasteiger partial charge in [-0.25, -0.2) is 4.79 Å². The normalized spacial score (nSPS) is 11.7. The van der Waals surface area contributed by atoms with Gasteiger partial charge in [0.15, 0.2) is 5.78 Å². The van der Waals surface area contributed by atoms with E-state index in [4.69, 9.17) is 4.84 Å². The largest absolute Gasteiger partial charge is 0.508 e. The molecule has 0 aliphatic carbocycles. The van der Waals surface area contributed by atoms with E-state index in [1.807, 2.05) is 31.2 Å². The Morgan fingerprint density at radius 3 is 2.03 bits per heavy atom. The molecule has 0 saturated heterocycles. The van der Waals surface area contributed by atoms with Crippen LogP contribution in [0.1, 0.15) is 72.7 Å². The fraction of sp³-hybridized carbons (Fsp3) is 0.267. The molecule has 0 saturated carbocycles. The Morgan fingerprint density at radius 1 is 0.838 bits per heavy atom. The van der Waals surface area contributed by atoms with Crippen molar-refractivity contribution in [1.29, 1.82) is 0 Å². The zero-order valence-corrected chi connectivity index (χ0v) is 21.3. The van der Waals surface area contributed by atoms with Crippen molar-refractivity contribution in [3.63, 3.8) is 0 Å². The highest BCUT2D eigenvalue weighted by Gasteiger charge is 2.19. The summed E-state index contributed by atoms with van der Waals surface area (Å²) >= 11 is 0. The molecule has 0 aliphatic heterocycles. The Balaban J connectivity index is 1.79. The fourth-order valence-electron chi connectivity index (χ4n) is 4.54. The number of aryl methyl sites for hydroxylation is 1. The van der Waals surface area contributed by atoms with Gasteiger partial charge in [0.25, 0.3) is 0 Å². The van der Waals surface area contributed by atoms with Crippen LogP contribution in [0.3, 0.4) is 0 Å². The van der Waals surface area contributed by atoms with Crippen LogP contribution in [0.4, 0.5) is 0 Å². The summed E-state index contributed by atoms with van der Waals surface area (Å²) in [5, 5.41) is 15.1. The van der Waals surface area contributed by atoms with Crippen LogP contribution >= 0.6 is 0 Å². The molecule has 0 radical (unpaired) electrons. The molecule has 1 N–H and O–H groups in total. The highest BCUT2D eigenvalue weighted by atomic mass is 16.7. The zero-order valence-electron chi connectivity index (χ0n) is 21.3. The molecule has 0 aliphatic rings. The predicted octanol–water partition coefficient (Wildman–Crippen LogP) is 6.43. The summed E-state index contributed by atoms with van der Waals surface area (Å²) in [4.78, 5) is 42.7. The number of aromatic nitrogens is 1. The van der Waals surface area contributed by atoms with Crippen LogP contribution in [0.2, 0.25) is 0 Å². The number of fused-ring (bicyclic) bond motifs is 3. The number of nitrogens with zero attached hydrogens (tertiary/aromatic N) is 2. The average molecular weight is 499 g/mol. The predicted molar refractivity (Wildman–Crippen MR) is 144 cm³/mol. The summed E-state index contributed by atoms with van der Waals surface area (Å²) in [6.45, 7) is 6.09. The van der Waals surface area contributed by atoms with Gasteiger partial charge in [-0.15, -0.1) is 0 Å². The molecule has 0 fully saturated rings. The van der Waals surface area contributed by atoms with Gasteiger partial charge in [0, 0.05) is 52.0 Å². The van der Waals surface area contributed by atoms with Crippen molar-refractivity contribution >= 4 is 45.1 Å². The third kappa shape index (κ3) is 5.45. The van der Waals surface area contributed by atoms with E-state index in [0.717, 1.165) is 41.1 Å². The van der Waals surface area contributed by atoms with Crippen molar-refractivity contribution < 1.29 is 24.3 Å². The number of phenols is 1. The maximum Gasteiger partial charge on any atom is 0.331 e. The number of benzene rings is 3. The Labute approximate surface area is 215 Å². The molecular formula is C30H30N2O5. The van der Waals surface area contributed by atoms with Crippen molar-refractivity contribution in [3.05, 3.63) is 77.4 Å². The van der Waals surface area contributed by atoms with Gasteiger partial charge in [-0.1, -0.05) is 24.9 Å². The van der Waals surface area contributed by atoms with E-state index in [9.17, 15) is 19.5 Å². The first-order valence-corrected chi connectivity index (χ1v) is 12.5. The summed E-state index contributed by atoms with van der Waals surface area (Å²) in [5.74, 6) is -0.916. The first-order chi connectivity index (χ1) is 17.8. The lowest BCUT2D eigenvalue weighted by Gasteiger charge is -2.06. The lowest BCUT2D eigenvalue weighted by molar-refractivity contribution is -0.140. The van der Waals surface area contributed by atoms with Crippen LogP contribution in [-0.4, -0.2) is 32.9 Å². The van der Waals surface area contributed by atoms with E-state index >= 15 is 0 Å². The Hall–Kier alpha value is -4.26. The van der Waals surface area contributed by atoms with E-state index in [1.54, 1.807) is 24.3 Å². The number of Topliss-reactive ketones (excluding diaryl/α,β-unsaturated/α-hetero) is 1. The minimum absolute atomic E-state index is 0.0986. The number of carbonyl (C=O) groups excluding carboxylic acids is 3. The lowest BCUT2D eigenvalue weighted by Crippen LogP contribution is -2.16. The minimum Gasteiger partial charge on any atom is -0.508 e. The second kappa shape index (κ2) is 11.2. The van der Waals surface area contributed by atoms with Gasteiger partial charge in [-0.05, 0) is 80.4 Å². The molecular weight excluding hydrogens is 468 g/mol. The van der Waals surface area contributed by atoms with Crippen molar-refractivity contribution in [2.75, 3.05) is 0 Å². The third-order valence-electron chi connectivity index (χ3n) is 6.40. The van der Waals surface area contributed by atoms with Gasteiger partial charge in [0.2, 0.25) is 5.78 Å². The van der Waals surface area contributed by atoms with Crippen molar-refractivity contribution in [1.82, 2.24) is 4.57 Å². The molecule has 0 amide bonds. The van der Waals surface area contributed by atoms with Crippen molar-refractivity contribution in [2.45, 2.75) is 53.0 Å². The highest BCUT2D eigenvalue weighted by molar-refractivity contribution is 6.46. The van der Waals surface area contributed by atoms with Crippen LogP contribution in [0.5, 0.6) is 5.75 Å². The number of aromatic hydroxyl groups is 1. The van der Waals surface area contributed by atoms with Gasteiger partial charge in [-0.2, -0.15) is 0 Å². The monoisotopic (exact) mass is 498 g/mol. The Kier molecular flexibility index (Phi) is 7.82. The SMILES string of the molecule is CCCCC/C(=N\OC(C)=O)C(=O)c1ccc2c(c1)c1cc(C(=O)c3ccc(O)cc3)ccc1n2CC. The first kappa shape index (κ1) is 25.8. The maximum absolute atomic E-state index is 13.4. The maximum atomic E-state index is 13.4. The number of oxime groups is 1. The summed E-state index contributed by atoms with van der Waals surface area (Å²) in [5.41, 5.74) is 3.56. The van der Waals surface area contributed by atoms with Gasteiger partial charge in [0.1, 0.15) is 11.5 Å². The van der Waals surface area contributed by atoms with Crippen LogP contribution in [0.25, 0.3) is 21.8 Å². The molecule has 4 rings (SSSR count). The summed E-state index contributed by atoms with van der Waals surface area (Å²) in [6, 6.07) is 17.2. The van der Waals surface area contributed by atoms with E-state index < -0.39 is 5.97 Å². The number of carbonyl (C=O) groups is 3. The molecule has 3 aromatic carbocycles. The zero-order chi connectivity index (χ0) is 26.5. The van der Waals surface area contributed by atoms with Crippen LogP contribution in [-0.2, 0) is 16.2 Å². The van der Waals surface area contributed by atoms with Crippen molar-refractivity contribution in [2.24, 2.45) is 5.16 Å². The molecule has 190 valence electrons. The molecule has 37 heavy (non-hydrogen) atoms. The standard InChI is InChI=1S/C30H30N2O5/c1-4-6-7-8-26(31-37-19(3)33)30(36)22-12-16-28-25(18-22)24-17-21(11-15-27(24)32(28)5-2)29(35)20-9-13-23(34)14-10-20/h9-18,34H,4-8H2,1-3H3/b31-26+. The minimum atomic E-state index is -0.576. The summed E-state index contributed by atoms with van der Waals surface area (Å²) < 4.78 is 2.14. The molecule has 0 unspecified atom stereocenters. The first-order valence-electron chi connectivity index (χ1n) is 12.5. The topological polar surface area (TPSA) is 98.0 Å². The smallest absolute Gasteiger partial charge is 0.331 e. The third-order valence-corrected chi connectivity index (χ3v) is 6.40. The van der Waals surface area contributed by atoms with Crippen LogP contribution in [0, 0.1) is 0 Å². The molecule has 0 atom stereocenters. The highest BCUT2D eigenvalue weighted by Crippen LogP contribution is 2.32. The molecule has 7 heteroatoms. The lowest BCUT2D eigenvalue weighted by atomic mass is 9.98. The fourth-order valence-corrected chi connectivity index (χ4v) is 4.54. The van der Waals surface area contributed by atoms with Gasteiger partial charge >= 0.3 is 5.97 Å². The second-order valence-corrected chi connectivity index (χ2v) is 8.99. The molecule has 4 aromatic rings. The molecule has 0 spiro atoms. The Bertz CT molecular complexity index is 1510. The summed E-state index contributed by atoms with van der Waals surface area (Å²) in [6.07, 6.45) is 3.11. The Morgan fingerprint density at radius 2 is 1.43 bits per heavy atom. The number of unbranched alkanes of at least 4 members (excludes halogenated alkanes) is 2. The number of rotatable bonds is 10. The number of hydrogen-bond donors (Lipinski definition) is 1. The molecule has 7 nitrogen and oxygen atoms in total. The average Bonchev–Trinajstić information content (AvgIpc) is 3.22. The number of ketones is 2. The van der Waals surface area contributed by atoms with E-state index in [0.29, 0.717) is 29.7 Å². The van der Waals surface area contributed by atoms with Crippen molar-refractivity contribution in [3.8, 4) is 5.75 Å². The van der Waals surface area contributed by atoms with E-state index in [2.05, 4.69) is 16.6 Å². The summed E-state index contributed by atoms with van der Waals surface area (Å²) in [7, 11) is 0.